The van der Waals surface area contributed by atoms with Gasteiger partial charge in [0.05, 0.1) is 12.8 Å². The van der Waals surface area contributed by atoms with Gasteiger partial charge < -0.3 is 4.74 Å². The zero-order chi connectivity index (χ0) is 17.2. The Morgan fingerprint density at radius 1 is 1.12 bits per heavy atom. The first-order valence-electron chi connectivity index (χ1n) is 8.01. The van der Waals surface area contributed by atoms with Crippen LogP contribution in [-0.4, -0.2) is 18.7 Å². The van der Waals surface area contributed by atoms with E-state index in [2.05, 4.69) is 17.5 Å². The maximum Gasteiger partial charge on any atom is 0.271 e. The van der Waals surface area contributed by atoms with Gasteiger partial charge in [0.15, 0.2) is 0 Å². The Kier molecular flexibility index (Phi) is 6.95. The Balaban J connectivity index is 1.81. The molecule has 0 bridgehead atoms. The van der Waals surface area contributed by atoms with E-state index in [-0.39, 0.29) is 11.7 Å². The molecule has 2 rings (SSSR count). The highest BCUT2D eigenvalue weighted by Gasteiger charge is 2.03. The zero-order valence-electron chi connectivity index (χ0n) is 13.7. The van der Waals surface area contributed by atoms with Crippen molar-refractivity contribution in [1.29, 1.82) is 0 Å². The second-order valence-corrected chi connectivity index (χ2v) is 5.33. The van der Waals surface area contributed by atoms with Crippen LogP contribution in [0.1, 0.15) is 42.1 Å². The third-order valence-corrected chi connectivity index (χ3v) is 3.38. The Morgan fingerprint density at radius 3 is 2.50 bits per heavy atom. The third-order valence-electron chi connectivity index (χ3n) is 3.38. The number of hydrogen-bond acceptors (Lipinski definition) is 3. The average molecular weight is 328 g/mol. The van der Waals surface area contributed by atoms with Gasteiger partial charge in [0.1, 0.15) is 11.6 Å². The molecule has 0 atom stereocenters. The van der Waals surface area contributed by atoms with Crippen molar-refractivity contribution < 1.29 is 13.9 Å². The monoisotopic (exact) mass is 328 g/mol. The highest BCUT2D eigenvalue weighted by Crippen LogP contribution is 2.12. The first-order chi connectivity index (χ1) is 11.7. The highest BCUT2D eigenvalue weighted by molar-refractivity contribution is 5.94. The predicted molar refractivity (Wildman–Crippen MR) is 92.9 cm³/mol. The molecule has 2 aromatic rings. The van der Waals surface area contributed by atoms with E-state index in [0.717, 1.165) is 24.3 Å². The number of hydrazone groups is 1. The molecule has 2 aromatic carbocycles. The number of hydrogen-bond donors (Lipinski definition) is 1. The summed E-state index contributed by atoms with van der Waals surface area (Å²) in [6.45, 7) is 2.87. The maximum absolute atomic E-state index is 12.8. The van der Waals surface area contributed by atoms with Crippen LogP contribution in [0.5, 0.6) is 5.75 Å². The molecular weight excluding hydrogens is 307 g/mol. The Labute approximate surface area is 141 Å². The molecule has 1 N–H and O–H groups in total. The van der Waals surface area contributed by atoms with Crippen LogP contribution in [0.15, 0.2) is 53.6 Å². The van der Waals surface area contributed by atoms with Crippen molar-refractivity contribution in [2.75, 3.05) is 6.61 Å². The van der Waals surface area contributed by atoms with Crippen molar-refractivity contribution in [2.45, 2.75) is 26.2 Å². The number of carbonyl (C=O) groups excluding carboxylic acids is 1. The van der Waals surface area contributed by atoms with Crippen molar-refractivity contribution >= 4 is 12.1 Å². The fraction of sp³-hybridized carbons (Fsp3) is 0.263. The normalized spacial score (nSPS) is 10.8. The SMILES string of the molecule is CCCCCOc1ccc(/C=N/NC(=O)c2ccc(F)cc2)cc1. The molecule has 0 radical (unpaired) electrons. The van der Waals surface area contributed by atoms with Crippen LogP contribution in [0, 0.1) is 5.82 Å². The second kappa shape index (κ2) is 9.45. The summed E-state index contributed by atoms with van der Waals surface area (Å²) in [7, 11) is 0. The van der Waals surface area contributed by atoms with Gasteiger partial charge in [-0.05, 0) is 60.5 Å². The van der Waals surface area contributed by atoms with Gasteiger partial charge >= 0.3 is 0 Å². The number of unbranched alkanes of at least 4 members (excludes halogenated alkanes) is 2. The number of amides is 1. The lowest BCUT2D eigenvalue weighted by atomic mass is 10.2. The molecule has 0 aromatic heterocycles. The van der Waals surface area contributed by atoms with E-state index < -0.39 is 0 Å². The minimum Gasteiger partial charge on any atom is -0.494 e. The molecule has 4 nitrogen and oxygen atoms in total. The van der Waals surface area contributed by atoms with Crippen LogP contribution in [-0.2, 0) is 0 Å². The topological polar surface area (TPSA) is 50.7 Å². The molecule has 0 saturated carbocycles. The summed E-state index contributed by atoms with van der Waals surface area (Å²) in [6.07, 6.45) is 4.93. The highest BCUT2D eigenvalue weighted by atomic mass is 19.1. The van der Waals surface area contributed by atoms with Crippen LogP contribution in [0.3, 0.4) is 0 Å². The van der Waals surface area contributed by atoms with Gasteiger partial charge in [-0.15, -0.1) is 0 Å². The summed E-state index contributed by atoms with van der Waals surface area (Å²) in [5.74, 6) is 0.0489. The summed E-state index contributed by atoms with van der Waals surface area (Å²) < 4.78 is 18.4. The van der Waals surface area contributed by atoms with Crippen molar-refractivity contribution in [3.8, 4) is 5.75 Å². The molecule has 5 heteroatoms. The smallest absolute Gasteiger partial charge is 0.271 e. The molecule has 0 heterocycles. The molecule has 0 aliphatic rings. The standard InChI is InChI=1S/C19H21FN2O2/c1-2-3-4-13-24-18-11-5-15(6-12-18)14-21-22-19(23)16-7-9-17(20)10-8-16/h5-12,14H,2-4,13H2,1H3,(H,22,23)/b21-14+. The van der Waals surface area contributed by atoms with Gasteiger partial charge in [0.25, 0.3) is 5.91 Å². The van der Waals surface area contributed by atoms with E-state index in [1.165, 1.54) is 37.1 Å². The summed E-state index contributed by atoms with van der Waals surface area (Å²) in [4.78, 5) is 11.8. The van der Waals surface area contributed by atoms with E-state index in [0.29, 0.717) is 5.56 Å². The summed E-state index contributed by atoms with van der Waals surface area (Å²) in [6, 6.07) is 12.8. The molecule has 126 valence electrons. The molecule has 0 saturated heterocycles. The van der Waals surface area contributed by atoms with Crippen molar-refractivity contribution in [3.05, 3.63) is 65.5 Å². The number of nitrogens with one attached hydrogen (secondary N) is 1. The minimum absolute atomic E-state index is 0.351. The number of benzene rings is 2. The van der Waals surface area contributed by atoms with E-state index in [9.17, 15) is 9.18 Å². The van der Waals surface area contributed by atoms with Crippen LogP contribution >= 0.6 is 0 Å². The lowest BCUT2D eigenvalue weighted by Crippen LogP contribution is -2.17. The molecule has 0 spiro atoms. The zero-order valence-corrected chi connectivity index (χ0v) is 13.7. The molecule has 0 aliphatic carbocycles. The predicted octanol–water partition coefficient (Wildman–Crippen LogP) is 4.16. The van der Waals surface area contributed by atoms with E-state index in [1.54, 1.807) is 6.21 Å². The fourth-order valence-electron chi connectivity index (χ4n) is 2.02. The third kappa shape index (κ3) is 5.83. The quantitative estimate of drug-likeness (QED) is 0.449. The summed E-state index contributed by atoms with van der Waals surface area (Å²) in [5.41, 5.74) is 3.60. The van der Waals surface area contributed by atoms with Crippen LogP contribution in [0.25, 0.3) is 0 Å². The van der Waals surface area contributed by atoms with E-state index in [4.69, 9.17) is 4.74 Å². The van der Waals surface area contributed by atoms with Gasteiger partial charge in [0, 0.05) is 5.56 Å². The summed E-state index contributed by atoms with van der Waals surface area (Å²) in [5, 5.41) is 3.90. The van der Waals surface area contributed by atoms with Gasteiger partial charge in [0.2, 0.25) is 0 Å². The average Bonchev–Trinajstić information content (AvgIpc) is 2.60. The van der Waals surface area contributed by atoms with E-state index in [1.807, 2.05) is 24.3 Å². The molecule has 24 heavy (non-hydrogen) atoms. The first kappa shape index (κ1) is 17.7. The number of carbonyl (C=O) groups is 1. The number of ether oxygens (including phenoxy) is 1. The van der Waals surface area contributed by atoms with Crippen molar-refractivity contribution in [1.82, 2.24) is 5.43 Å². The van der Waals surface area contributed by atoms with Crippen LogP contribution in [0.2, 0.25) is 0 Å². The first-order valence-corrected chi connectivity index (χ1v) is 8.01. The van der Waals surface area contributed by atoms with Crippen LogP contribution in [0.4, 0.5) is 4.39 Å². The largest absolute Gasteiger partial charge is 0.494 e. The van der Waals surface area contributed by atoms with Crippen molar-refractivity contribution in [2.24, 2.45) is 5.10 Å². The molecule has 0 aliphatic heterocycles. The number of halogens is 1. The number of rotatable bonds is 8. The van der Waals surface area contributed by atoms with E-state index >= 15 is 0 Å². The molecule has 0 fully saturated rings. The Morgan fingerprint density at radius 2 is 1.83 bits per heavy atom. The number of nitrogens with zero attached hydrogens (tertiary/aromatic N) is 1. The maximum atomic E-state index is 12.8. The molecule has 1 amide bonds. The van der Waals surface area contributed by atoms with Crippen LogP contribution < -0.4 is 10.2 Å². The molecular formula is C19H21FN2O2. The van der Waals surface area contributed by atoms with Gasteiger partial charge in [-0.25, -0.2) is 9.82 Å². The minimum atomic E-state index is -0.387. The summed E-state index contributed by atoms with van der Waals surface area (Å²) >= 11 is 0. The Bertz CT molecular complexity index is 667. The molecule has 0 unspecified atom stereocenters. The lowest BCUT2D eigenvalue weighted by Gasteiger charge is -2.05. The van der Waals surface area contributed by atoms with Crippen molar-refractivity contribution in [3.63, 3.8) is 0 Å². The second-order valence-electron chi connectivity index (χ2n) is 5.33. The Hall–Kier alpha value is -2.69. The fourth-order valence-corrected chi connectivity index (χ4v) is 2.02. The van der Waals surface area contributed by atoms with Gasteiger partial charge in [-0.1, -0.05) is 19.8 Å². The van der Waals surface area contributed by atoms with Gasteiger partial charge in [-0.3, -0.25) is 4.79 Å². The lowest BCUT2D eigenvalue weighted by molar-refractivity contribution is 0.0955. The van der Waals surface area contributed by atoms with Gasteiger partial charge in [-0.2, -0.15) is 5.10 Å².